The summed E-state index contributed by atoms with van der Waals surface area (Å²) in [6.45, 7) is 3.88. The first-order chi connectivity index (χ1) is 17.9. The maximum Gasteiger partial charge on any atom is 0.261 e. The highest BCUT2D eigenvalue weighted by molar-refractivity contribution is 7.20. The minimum absolute atomic E-state index is 0.00285. The van der Waals surface area contributed by atoms with Crippen LogP contribution in [0.25, 0.3) is 10.2 Å². The highest BCUT2D eigenvalue weighted by atomic mass is 32.1. The summed E-state index contributed by atoms with van der Waals surface area (Å²) in [5.74, 6) is 0.578. The molecule has 1 aliphatic carbocycles. The highest BCUT2D eigenvalue weighted by Crippen LogP contribution is 2.37. The number of hydrogen-bond donors (Lipinski definition) is 2. The van der Waals surface area contributed by atoms with Gasteiger partial charge in [-0.05, 0) is 83.3 Å². The molecule has 2 aliphatic rings. The molecule has 2 aromatic heterocycles. The second-order valence-corrected chi connectivity index (χ2v) is 11.0. The summed E-state index contributed by atoms with van der Waals surface area (Å²) in [6.07, 6.45) is 7.17. The first-order valence-electron chi connectivity index (χ1n) is 12.9. The number of carbonyl (C=O) groups excluding carboxylic acids is 1. The van der Waals surface area contributed by atoms with Gasteiger partial charge in [0.15, 0.2) is 0 Å². The predicted octanol–water partition coefficient (Wildman–Crippen LogP) is 5.04. The van der Waals surface area contributed by atoms with E-state index in [2.05, 4.69) is 32.5 Å². The average Bonchev–Trinajstić information content (AvgIpc) is 3.25. The fourth-order valence-electron chi connectivity index (χ4n) is 5.18. The lowest BCUT2D eigenvalue weighted by atomic mass is 9.95. The molecule has 5 rings (SSSR count). The Labute approximate surface area is 220 Å². The summed E-state index contributed by atoms with van der Waals surface area (Å²) < 4.78 is 25.9. The van der Waals surface area contributed by atoms with Gasteiger partial charge in [0.05, 0.1) is 28.2 Å². The van der Waals surface area contributed by atoms with Crippen LogP contribution in [0, 0.1) is 12.7 Å². The number of rotatable bonds is 7. The largest absolute Gasteiger partial charge is 0.488 e. The van der Waals surface area contributed by atoms with Crippen LogP contribution in [-0.2, 0) is 4.74 Å². The van der Waals surface area contributed by atoms with Gasteiger partial charge in [-0.1, -0.05) is 0 Å². The number of nitrogens with one attached hydrogen (secondary N) is 2. The Morgan fingerprint density at radius 3 is 2.57 bits per heavy atom. The quantitative estimate of drug-likeness (QED) is 0.445. The Balaban J connectivity index is 1.37. The van der Waals surface area contributed by atoms with Gasteiger partial charge in [0.2, 0.25) is 0 Å². The lowest BCUT2D eigenvalue weighted by Crippen LogP contribution is -2.43. The van der Waals surface area contributed by atoms with Gasteiger partial charge in [-0.25, -0.2) is 14.4 Å². The van der Waals surface area contributed by atoms with Gasteiger partial charge in [-0.2, -0.15) is 0 Å². The number of nitrogens with zero attached hydrogens (tertiary/aromatic N) is 3. The van der Waals surface area contributed by atoms with Gasteiger partial charge in [0.25, 0.3) is 5.91 Å². The summed E-state index contributed by atoms with van der Waals surface area (Å²) in [7, 11) is 3.84. The molecule has 0 spiro atoms. The molecule has 10 heteroatoms. The molecule has 1 aliphatic heterocycles. The number of thiophene rings is 1. The molecule has 3 aromatic rings. The van der Waals surface area contributed by atoms with E-state index in [1.165, 1.54) is 29.8 Å². The van der Waals surface area contributed by atoms with E-state index in [4.69, 9.17) is 9.47 Å². The van der Waals surface area contributed by atoms with E-state index in [1.807, 2.05) is 6.92 Å². The molecule has 1 saturated carbocycles. The van der Waals surface area contributed by atoms with Gasteiger partial charge in [0, 0.05) is 19.2 Å². The Kier molecular flexibility index (Phi) is 7.87. The SMILES string of the molecule is CO[C@H]1CC[C@H](Oc2cc(F)ccc2Nc2ncnc3sc(C(=O)NC4CCN(C)CC4)c(C)c23)CC1. The van der Waals surface area contributed by atoms with Crippen molar-refractivity contribution in [3.8, 4) is 5.75 Å². The molecule has 0 bridgehead atoms. The number of aryl methyl sites for hydroxylation is 1. The van der Waals surface area contributed by atoms with Crippen LogP contribution in [0.2, 0.25) is 0 Å². The third kappa shape index (κ3) is 5.86. The van der Waals surface area contributed by atoms with Crippen LogP contribution in [0.15, 0.2) is 24.5 Å². The van der Waals surface area contributed by atoms with Gasteiger partial charge < -0.3 is 25.0 Å². The molecule has 3 heterocycles. The van der Waals surface area contributed by atoms with Crippen LogP contribution >= 0.6 is 11.3 Å². The van der Waals surface area contributed by atoms with Crippen LogP contribution in [0.3, 0.4) is 0 Å². The van der Waals surface area contributed by atoms with Gasteiger partial charge in [-0.3, -0.25) is 4.79 Å². The highest BCUT2D eigenvalue weighted by Gasteiger charge is 2.25. The number of methoxy groups -OCH3 is 1. The van der Waals surface area contributed by atoms with Crippen molar-refractivity contribution in [3.63, 3.8) is 0 Å². The van der Waals surface area contributed by atoms with Crippen molar-refractivity contribution >= 4 is 39.0 Å². The summed E-state index contributed by atoms with van der Waals surface area (Å²) in [6, 6.07) is 4.64. The number of hydrogen-bond acceptors (Lipinski definition) is 8. The Morgan fingerprint density at radius 2 is 1.84 bits per heavy atom. The Morgan fingerprint density at radius 1 is 1.11 bits per heavy atom. The van der Waals surface area contributed by atoms with Crippen LogP contribution in [0.1, 0.15) is 53.8 Å². The summed E-state index contributed by atoms with van der Waals surface area (Å²) in [5, 5.41) is 7.32. The number of halogens is 1. The minimum atomic E-state index is -0.362. The molecule has 1 aromatic carbocycles. The van der Waals surface area contributed by atoms with E-state index in [0.29, 0.717) is 22.1 Å². The number of anilines is 2. The van der Waals surface area contributed by atoms with Crippen molar-refractivity contribution in [1.82, 2.24) is 20.2 Å². The van der Waals surface area contributed by atoms with Gasteiger partial charge in [0.1, 0.15) is 28.5 Å². The van der Waals surface area contributed by atoms with Gasteiger partial charge >= 0.3 is 0 Å². The lowest BCUT2D eigenvalue weighted by Gasteiger charge is -2.29. The molecule has 2 fully saturated rings. The number of amides is 1. The van der Waals surface area contributed by atoms with Crippen LogP contribution in [0.4, 0.5) is 15.9 Å². The number of aromatic nitrogens is 2. The fourth-order valence-corrected chi connectivity index (χ4v) is 6.23. The zero-order chi connectivity index (χ0) is 25.9. The van der Waals surface area contributed by atoms with E-state index in [-0.39, 0.29) is 30.0 Å². The third-order valence-corrected chi connectivity index (χ3v) is 8.63. The maximum absolute atomic E-state index is 14.2. The van der Waals surface area contributed by atoms with E-state index < -0.39 is 0 Å². The van der Waals surface area contributed by atoms with E-state index in [1.54, 1.807) is 13.2 Å². The van der Waals surface area contributed by atoms with Crippen molar-refractivity contribution in [2.45, 2.75) is 63.7 Å². The summed E-state index contributed by atoms with van der Waals surface area (Å²) in [5.41, 5.74) is 1.45. The van der Waals surface area contributed by atoms with Crippen LogP contribution < -0.4 is 15.4 Å². The molecular weight excluding hydrogens is 493 g/mol. The number of likely N-dealkylation sites (tertiary alicyclic amines) is 1. The number of fused-ring (bicyclic) bond motifs is 1. The molecule has 198 valence electrons. The van der Waals surface area contributed by atoms with E-state index in [9.17, 15) is 9.18 Å². The second kappa shape index (κ2) is 11.3. The molecule has 0 radical (unpaired) electrons. The molecular formula is C27H34FN5O3S. The molecule has 1 amide bonds. The Bertz CT molecular complexity index is 1250. The maximum atomic E-state index is 14.2. The molecule has 8 nitrogen and oxygen atoms in total. The topological polar surface area (TPSA) is 88.6 Å². The first kappa shape index (κ1) is 25.8. The zero-order valence-electron chi connectivity index (χ0n) is 21.6. The fraction of sp³-hybridized carbons (Fsp3) is 0.519. The molecule has 2 N–H and O–H groups in total. The second-order valence-electron chi connectivity index (χ2n) is 10.0. The number of piperidine rings is 1. The number of benzene rings is 1. The average molecular weight is 528 g/mol. The van der Waals surface area contributed by atoms with Crippen molar-refractivity contribution in [3.05, 3.63) is 40.8 Å². The van der Waals surface area contributed by atoms with Crippen molar-refractivity contribution in [2.75, 3.05) is 32.6 Å². The summed E-state index contributed by atoms with van der Waals surface area (Å²) >= 11 is 1.37. The van der Waals surface area contributed by atoms with Crippen LogP contribution in [0.5, 0.6) is 5.75 Å². The lowest BCUT2D eigenvalue weighted by molar-refractivity contribution is 0.0329. The number of ether oxygens (including phenoxy) is 2. The molecule has 1 saturated heterocycles. The van der Waals surface area contributed by atoms with Crippen molar-refractivity contribution < 1.29 is 18.7 Å². The van der Waals surface area contributed by atoms with Gasteiger partial charge in [-0.15, -0.1) is 11.3 Å². The predicted molar refractivity (Wildman–Crippen MR) is 144 cm³/mol. The smallest absolute Gasteiger partial charge is 0.261 e. The third-order valence-electron chi connectivity index (χ3n) is 7.43. The normalized spacial score (nSPS) is 21.2. The molecule has 37 heavy (non-hydrogen) atoms. The van der Waals surface area contributed by atoms with Crippen molar-refractivity contribution in [2.24, 2.45) is 0 Å². The van der Waals surface area contributed by atoms with E-state index >= 15 is 0 Å². The van der Waals surface area contributed by atoms with Crippen LogP contribution in [-0.4, -0.2) is 66.3 Å². The monoisotopic (exact) mass is 527 g/mol. The number of carbonyl (C=O) groups is 1. The summed E-state index contributed by atoms with van der Waals surface area (Å²) in [4.78, 5) is 25.7. The van der Waals surface area contributed by atoms with E-state index in [0.717, 1.165) is 67.4 Å². The zero-order valence-corrected chi connectivity index (χ0v) is 22.4. The standard InChI is InChI=1S/C27H34FN5O3S/c1-16-23-25(29-15-30-27(23)37-24(16)26(34)31-18-10-12-33(2)13-11-18)32-21-9-4-17(28)14-22(21)36-20-7-5-19(35-3)6-8-20/h4,9,14-15,18-20H,5-8,10-13H2,1-3H3,(H,31,34)(H,29,30,32)/t19-,20-. The Hall–Kier alpha value is -2.82. The molecule has 0 unspecified atom stereocenters. The first-order valence-corrected chi connectivity index (χ1v) is 13.7. The molecule has 0 atom stereocenters. The van der Waals surface area contributed by atoms with Crippen molar-refractivity contribution in [1.29, 1.82) is 0 Å². The minimum Gasteiger partial charge on any atom is -0.488 e.